The lowest BCUT2D eigenvalue weighted by atomic mass is 10.3. The Morgan fingerprint density at radius 2 is 1.76 bits per heavy atom. The Balaban J connectivity index is 2.00. The highest BCUT2D eigenvalue weighted by atomic mass is 35.5. The quantitative estimate of drug-likeness (QED) is 0.859. The van der Waals surface area contributed by atoms with E-state index in [2.05, 4.69) is 4.89 Å². The molecular formula is C11H14ClNO3S. The molecule has 0 amide bonds. The van der Waals surface area contributed by atoms with Crippen LogP contribution in [-0.4, -0.2) is 14.5 Å². The van der Waals surface area contributed by atoms with E-state index in [4.69, 9.17) is 16.4 Å². The van der Waals surface area contributed by atoms with E-state index in [1.807, 2.05) is 0 Å². The molecule has 1 aliphatic rings. The molecule has 94 valence electrons. The number of sulfonamides is 1. The van der Waals surface area contributed by atoms with Crippen LogP contribution in [-0.2, 0) is 14.9 Å². The molecule has 0 radical (unpaired) electrons. The highest BCUT2D eigenvalue weighted by Crippen LogP contribution is 2.21. The fourth-order valence-electron chi connectivity index (χ4n) is 1.80. The van der Waals surface area contributed by atoms with E-state index in [-0.39, 0.29) is 11.0 Å². The van der Waals surface area contributed by atoms with Crippen LogP contribution in [0.5, 0.6) is 0 Å². The van der Waals surface area contributed by atoms with Crippen LogP contribution in [0.4, 0.5) is 0 Å². The van der Waals surface area contributed by atoms with Gasteiger partial charge in [-0.25, -0.2) is 8.42 Å². The molecule has 2 rings (SSSR count). The number of hydrogen-bond acceptors (Lipinski definition) is 3. The van der Waals surface area contributed by atoms with E-state index in [1.165, 1.54) is 24.3 Å². The summed E-state index contributed by atoms with van der Waals surface area (Å²) in [5.74, 6) is 0. The standard InChI is InChI=1S/C11H14ClNO3S/c12-9-5-7-11(8-6-9)17(14,15)13-16-10-3-1-2-4-10/h5-8,10,13H,1-4H2. The Labute approximate surface area is 106 Å². The summed E-state index contributed by atoms with van der Waals surface area (Å²) in [5, 5.41) is 0.501. The lowest BCUT2D eigenvalue weighted by Gasteiger charge is -2.11. The van der Waals surface area contributed by atoms with Crippen molar-refractivity contribution in [1.29, 1.82) is 0 Å². The number of halogens is 1. The first kappa shape index (κ1) is 12.8. The molecule has 17 heavy (non-hydrogen) atoms. The minimum Gasteiger partial charge on any atom is -0.284 e. The third-order valence-electron chi connectivity index (χ3n) is 2.75. The van der Waals surface area contributed by atoms with Gasteiger partial charge in [-0.05, 0) is 37.1 Å². The number of nitrogens with one attached hydrogen (secondary N) is 1. The summed E-state index contributed by atoms with van der Waals surface area (Å²) in [4.78, 5) is 7.50. The Hall–Kier alpha value is -0.620. The van der Waals surface area contributed by atoms with Gasteiger partial charge in [0.1, 0.15) is 0 Å². The van der Waals surface area contributed by atoms with Crippen molar-refractivity contribution in [2.24, 2.45) is 0 Å². The first-order valence-electron chi connectivity index (χ1n) is 5.51. The van der Waals surface area contributed by atoms with Gasteiger partial charge >= 0.3 is 0 Å². The van der Waals surface area contributed by atoms with Gasteiger partial charge in [0.25, 0.3) is 10.0 Å². The van der Waals surface area contributed by atoms with Crippen molar-refractivity contribution in [1.82, 2.24) is 4.89 Å². The molecule has 1 aromatic rings. The third-order valence-corrected chi connectivity index (χ3v) is 4.21. The maximum atomic E-state index is 11.8. The van der Waals surface area contributed by atoms with E-state index >= 15 is 0 Å². The Bertz CT molecular complexity index is 466. The maximum Gasteiger partial charge on any atom is 0.262 e. The van der Waals surface area contributed by atoms with Crippen LogP contribution < -0.4 is 4.89 Å². The van der Waals surface area contributed by atoms with Crippen LogP contribution >= 0.6 is 11.6 Å². The van der Waals surface area contributed by atoms with E-state index in [9.17, 15) is 8.42 Å². The molecule has 0 aliphatic heterocycles. The molecule has 0 aromatic heterocycles. The van der Waals surface area contributed by atoms with Gasteiger partial charge in [0.2, 0.25) is 0 Å². The van der Waals surface area contributed by atoms with E-state index < -0.39 is 10.0 Å². The normalized spacial score (nSPS) is 17.5. The van der Waals surface area contributed by atoms with Crippen LogP contribution in [0, 0.1) is 0 Å². The molecule has 0 spiro atoms. The molecule has 1 aromatic carbocycles. The van der Waals surface area contributed by atoms with Crippen molar-refractivity contribution in [2.75, 3.05) is 0 Å². The van der Waals surface area contributed by atoms with E-state index in [1.54, 1.807) is 0 Å². The molecule has 0 heterocycles. The largest absolute Gasteiger partial charge is 0.284 e. The Morgan fingerprint density at radius 3 is 2.35 bits per heavy atom. The minimum atomic E-state index is -3.60. The average molecular weight is 276 g/mol. The second kappa shape index (κ2) is 5.35. The second-order valence-corrected chi connectivity index (χ2v) is 6.15. The molecule has 0 atom stereocenters. The summed E-state index contributed by atoms with van der Waals surface area (Å²) < 4.78 is 23.6. The molecule has 0 unspecified atom stereocenters. The van der Waals surface area contributed by atoms with Gasteiger partial charge in [-0.2, -0.15) is 0 Å². The maximum absolute atomic E-state index is 11.8. The van der Waals surface area contributed by atoms with Gasteiger partial charge in [0.15, 0.2) is 0 Å². The summed E-state index contributed by atoms with van der Waals surface area (Å²) in [6, 6.07) is 5.96. The second-order valence-electron chi connectivity index (χ2n) is 4.07. The van der Waals surface area contributed by atoms with Crippen molar-refractivity contribution in [2.45, 2.75) is 36.7 Å². The number of rotatable bonds is 4. The fraction of sp³-hybridized carbons (Fsp3) is 0.455. The zero-order valence-corrected chi connectivity index (χ0v) is 10.8. The monoisotopic (exact) mass is 275 g/mol. The highest BCUT2D eigenvalue weighted by molar-refractivity contribution is 7.89. The van der Waals surface area contributed by atoms with Gasteiger partial charge in [-0.3, -0.25) is 4.84 Å². The molecule has 0 bridgehead atoms. The van der Waals surface area contributed by atoms with Crippen LogP contribution in [0.3, 0.4) is 0 Å². The smallest absolute Gasteiger partial charge is 0.262 e. The fourth-order valence-corrected chi connectivity index (χ4v) is 2.78. The van der Waals surface area contributed by atoms with Crippen LogP contribution in [0.2, 0.25) is 5.02 Å². The van der Waals surface area contributed by atoms with Crippen molar-refractivity contribution in [3.8, 4) is 0 Å². The van der Waals surface area contributed by atoms with Crippen molar-refractivity contribution >= 4 is 21.6 Å². The SMILES string of the molecule is O=S(=O)(NOC1CCCC1)c1ccc(Cl)cc1. The number of hydrogen-bond donors (Lipinski definition) is 1. The summed E-state index contributed by atoms with van der Waals surface area (Å²) in [6.07, 6.45) is 3.99. The predicted molar refractivity (Wildman–Crippen MR) is 65.1 cm³/mol. The van der Waals surface area contributed by atoms with Gasteiger partial charge in [-0.15, -0.1) is 0 Å². The Morgan fingerprint density at radius 1 is 1.18 bits per heavy atom. The summed E-state index contributed by atoms with van der Waals surface area (Å²) >= 11 is 5.70. The van der Waals surface area contributed by atoms with E-state index in [0.717, 1.165) is 25.7 Å². The van der Waals surface area contributed by atoms with Crippen LogP contribution in [0.15, 0.2) is 29.2 Å². The van der Waals surface area contributed by atoms with Crippen molar-refractivity contribution < 1.29 is 13.3 Å². The summed E-state index contributed by atoms with van der Waals surface area (Å²) in [6.45, 7) is 0. The zero-order valence-electron chi connectivity index (χ0n) is 9.23. The predicted octanol–water partition coefficient (Wildman–Crippen LogP) is 2.49. The van der Waals surface area contributed by atoms with Gasteiger partial charge in [0, 0.05) is 5.02 Å². The molecule has 6 heteroatoms. The minimum absolute atomic E-state index is 0.00271. The molecule has 1 N–H and O–H groups in total. The molecule has 1 saturated carbocycles. The number of benzene rings is 1. The van der Waals surface area contributed by atoms with Crippen LogP contribution in [0.25, 0.3) is 0 Å². The lowest BCUT2D eigenvalue weighted by molar-refractivity contribution is 0.0223. The first-order valence-corrected chi connectivity index (χ1v) is 7.37. The Kier molecular flexibility index (Phi) is 4.04. The van der Waals surface area contributed by atoms with Crippen molar-refractivity contribution in [3.63, 3.8) is 0 Å². The zero-order chi connectivity index (χ0) is 12.3. The van der Waals surface area contributed by atoms with Crippen LogP contribution in [0.1, 0.15) is 25.7 Å². The van der Waals surface area contributed by atoms with Crippen molar-refractivity contribution in [3.05, 3.63) is 29.3 Å². The summed E-state index contributed by atoms with van der Waals surface area (Å²) in [5.41, 5.74) is 0. The molecule has 0 saturated heterocycles. The highest BCUT2D eigenvalue weighted by Gasteiger charge is 2.20. The lowest BCUT2D eigenvalue weighted by Crippen LogP contribution is -2.28. The molecule has 1 aliphatic carbocycles. The van der Waals surface area contributed by atoms with Gasteiger partial charge in [0.05, 0.1) is 11.0 Å². The molecule has 1 fully saturated rings. The van der Waals surface area contributed by atoms with Gasteiger partial charge in [-0.1, -0.05) is 29.3 Å². The van der Waals surface area contributed by atoms with Gasteiger partial charge < -0.3 is 0 Å². The first-order chi connectivity index (χ1) is 8.08. The average Bonchev–Trinajstić information content (AvgIpc) is 2.80. The summed E-state index contributed by atoms with van der Waals surface area (Å²) in [7, 11) is -3.60. The molecule has 4 nitrogen and oxygen atoms in total. The third kappa shape index (κ3) is 3.42. The molecular weight excluding hydrogens is 262 g/mol. The topological polar surface area (TPSA) is 55.4 Å². The van der Waals surface area contributed by atoms with E-state index in [0.29, 0.717) is 5.02 Å².